The highest BCUT2D eigenvalue weighted by molar-refractivity contribution is 5.80. The predicted octanol–water partition coefficient (Wildman–Crippen LogP) is 1.37. The first-order valence-corrected chi connectivity index (χ1v) is 7.41. The zero-order valence-corrected chi connectivity index (χ0v) is 12.8. The third kappa shape index (κ3) is 5.77. The summed E-state index contributed by atoms with van der Waals surface area (Å²) in [7, 11) is 0. The molecule has 1 atom stereocenters. The van der Waals surface area contributed by atoms with Crippen LogP contribution in [0.4, 0.5) is 4.79 Å². The summed E-state index contributed by atoms with van der Waals surface area (Å²) in [6, 6.07) is -0.407. The van der Waals surface area contributed by atoms with E-state index in [1.165, 1.54) is 24.2 Å². The summed E-state index contributed by atoms with van der Waals surface area (Å²) in [5.41, 5.74) is 0. The Balaban J connectivity index is 2.43. The first-order valence-electron chi connectivity index (χ1n) is 7.41. The van der Waals surface area contributed by atoms with E-state index in [1.807, 2.05) is 20.8 Å². The van der Waals surface area contributed by atoms with Crippen LogP contribution in [-0.4, -0.2) is 65.2 Å². The molecular formula is C14H27N3O3. The second kappa shape index (κ2) is 8.09. The topological polar surface area (TPSA) is 72.9 Å². The number of urea groups is 1. The molecule has 6 nitrogen and oxygen atoms in total. The van der Waals surface area contributed by atoms with Crippen LogP contribution >= 0.6 is 0 Å². The van der Waals surface area contributed by atoms with E-state index in [1.54, 1.807) is 0 Å². The molecule has 0 saturated carbocycles. The first-order chi connectivity index (χ1) is 9.40. The van der Waals surface area contributed by atoms with Crippen LogP contribution < -0.4 is 5.32 Å². The molecule has 1 saturated heterocycles. The van der Waals surface area contributed by atoms with E-state index in [4.69, 9.17) is 5.11 Å². The van der Waals surface area contributed by atoms with E-state index in [-0.39, 0.29) is 24.7 Å². The van der Waals surface area contributed by atoms with Gasteiger partial charge in [-0.15, -0.1) is 0 Å². The third-order valence-corrected chi connectivity index (χ3v) is 3.54. The number of amides is 2. The van der Waals surface area contributed by atoms with Crippen LogP contribution in [0, 0.1) is 0 Å². The summed E-state index contributed by atoms with van der Waals surface area (Å²) in [6.07, 6.45) is 3.73. The van der Waals surface area contributed by atoms with Crippen molar-refractivity contribution in [3.05, 3.63) is 0 Å². The number of piperidine rings is 1. The van der Waals surface area contributed by atoms with Crippen molar-refractivity contribution >= 4 is 12.0 Å². The third-order valence-electron chi connectivity index (χ3n) is 3.54. The molecule has 0 aromatic carbocycles. The van der Waals surface area contributed by atoms with Gasteiger partial charge in [0, 0.05) is 18.6 Å². The lowest BCUT2D eigenvalue weighted by atomic mass is 10.1. The fraction of sp³-hybridized carbons (Fsp3) is 0.857. The number of carboxylic acid groups (broad SMARTS) is 1. The molecule has 0 bridgehead atoms. The molecule has 6 heteroatoms. The van der Waals surface area contributed by atoms with Gasteiger partial charge in [-0.2, -0.15) is 0 Å². The van der Waals surface area contributed by atoms with Crippen molar-refractivity contribution in [1.82, 2.24) is 15.1 Å². The zero-order chi connectivity index (χ0) is 15.1. The molecule has 1 unspecified atom stereocenters. The van der Waals surface area contributed by atoms with Gasteiger partial charge in [-0.25, -0.2) is 4.79 Å². The van der Waals surface area contributed by atoms with Crippen LogP contribution in [0.15, 0.2) is 0 Å². The van der Waals surface area contributed by atoms with Crippen molar-refractivity contribution in [3.63, 3.8) is 0 Å². The summed E-state index contributed by atoms with van der Waals surface area (Å²) in [4.78, 5) is 26.6. The Morgan fingerprint density at radius 1 is 1.20 bits per heavy atom. The van der Waals surface area contributed by atoms with Gasteiger partial charge in [0.05, 0.1) is 0 Å². The molecule has 0 aliphatic carbocycles. The molecule has 0 radical (unpaired) electrons. The minimum Gasteiger partial charge on any atom is -0.480 e. The largest absolute Gasteiger partial charge is 0.480 e. The van der Waals surface area contributed by atoms with Crippen molar-refractivity contribution in [3.8, 4) is 0 Å². The molecular weight excluding hydrogens is 258 g/mol. The minimum absolute atomic E-state index is 0.0237. The normalized spacial score (nSPS) is 17.8. The first kappa shape index (κ1) is 16.8. The van der Waals surface area contributed by atoms with E-state index < -0.39 is 5.97 Å². The smallest absolute Gasteiger partial charge is 0.323 e. The standard InChI is InChI=1S/C14H27N3O3/c1-11(2)17(10-13(18)19)14(20)15-12(3)9-16-7-5-4-6-8-16/h11-12H,4-10H2,1-3H3,(H,15,20)(H,18,19). The maximum absolute atomic E-state index is 12.1. The van der Waals surface area contributed by atoms with E-state index in [0.29, 0.717) is 0 Å². The monoisotopic (exact) mass is 285 g/mol. The molecule has 2 amide bonds. The van der Waals surface area contributed by atoms with Gasteiger partial charge in [0.25, 0.3) is 0 Å². The van der Waals surface area contributed by atoms with E-state index in [2.05, 4.69) is 10.2 Å². The molecule has 116 valence electrons. The molecule has 1 aliphatic rings. The van der Waals surface area contributed by atoms with E-state index >= 15 is 0 Å². The highest BCUT2D eigenvalue weighted by Crippen LogP contribution is 2.09. The summed E-state index contributed by atoms with van der Waals surface area (Å²) >= 11 is 0. The number of likely N-dealkylation sites (tertiary alicyclic amines) is 1. The molecule has 1 heterocycles. The van der Waals surface area contributed by atoms with Crippen LogP contribution in [0.5, 0.6) is 0 Å². The Bertz CT molecular complexity index is 328. The SMILES string of the molecule is CC(CN1CCCCC1)NC(=O)N(CC(=O)O)C(C)C. The predicted molar refractivity (Wildman–Crippen MR) is 77.8 cm³/mol. The van der Waals surface area contributed by atoms with Crippen molar-refractivity contribution in [2.75, 3.05) is 26.2 Å². The fourth-order valence-corrected chi connectivity index (χ4v) is 2.50. The van der Waals surface area contributed by atoms with Crippen LogP contribution in [0.3, 0.4) is 0 Å². The number of carbonyl (C=O) groups is 2. The van der Waals surface area contributed by atoms with Crippen LogP contribution in [0.1, 0.15) is 40.0 Å². The Morgan fingerprint density at radius 3 is 2.30 bits per heavy atom. The van der Waals surface area contributed by atoms with Crippen LogP contribution in [-0.2, 0) is 4.79 Å². The number of aliphatic carboxylic acids is 1. The maximum atomic E-state index is 12.1. The second-order valence-electron chi connectivity index (χ2n) is 5.83. The Labute approximate surface area is 121 Å². The lowest BCUT2D eigenvalue weighted by Crippen LogP contribution is -2.51. The molecule has 1 fully saturated rings. The number of nitrogens with zero attached hydrogens (tertiary/aromatic N) is 2. The van der Waals surface area contributed by atoms with Gasteiger partial charge < -0.3 is 20.2 Å². The van der Waals surface area contributed by atoms with Gasteiger partial charge in [-0.3, -0.25) is 4.79 Å². The maximum Gasteiger partial charge on any atom is 0.323 e. The average Bonchev–Trinajstić information content (AvgIpc) is 2.36. The van der Waals surface area contributed by atoms with Crippen molar-refractivity contribution in [1.29, 1.82) is 0 Å². The summed E-state index contributed by atoms with van der Waals surface area (Å²) in [5, 5.41) is 11.7. The molecule has 1 rings (SSSR count). The Hall–Kier alpha value is -1.30. The molecule has 20 heavy (non-hydrogen) atoms. The molecule has 0 spiro atoms. The quantitative estimate of drug-likeness (QED) is 0.773. The summed E-state index contributed by atoms with van der Waals surface area (Å²) in [6.45, 7) is 8.33. The average molecular weight is 285 g/mol. The number of rotatable bonds is 6. The van der Waals surface area contributed by atoms with Crippen molar-refractivity contribution < 1.29 is 14.7 Å². The lowest BCUT2D eigenvalue weighted by molar-refractivity contribution is -0.138. The lowest BCUT2D eigenvalue weighted by Gasteiger charge is -2.31. The van der Waals surface area contributed by atoms with Gasteiger partial charge in [0.1, 0.15) is 6.54 Å². The van der Waals surface area contributed by atoms with Gasteiger partial charge in [-0.05, 0) is 46.7 Å². The number of hydrogen-bond donors (Lipinski definition) is 2. The number of carboxylic acids is 1. The molecule has 0 aromatic rings. The summed E-state index contributed by atoms with van der Waals surface area (Å²) < 4.78 is 0. The number of carbonyl (C=O) groups excluding carboxylic acids is 1. The molecule has 0 aromatic heterocycles. The van der Waals surface area contributed by atoms with E-state index in [9.17, 15) is 9.59 Å². The highest BCUT2D eigenvalue weighted by atomic mass is 16.4. The van der Waals surface area contributed by atoms with Crippen molar-refractivity contribution in [2.45, 2.75) is 52.1 Å². The molecule has 2 N–H and O–H groups in total. The van der Waals surface area contributed by atoms with Crippen LogP contribution in [0.2, 0.25) is 0 Å². The summed E-state index contributed by atoms with van der Waals surface area (Å²) in [5.74, 6) is -0.988. The second-order valence-corrected chi connectivity index (χ2v) is 5.83. The van der Waals surface area contributed by atoms with Crippen molar-refractivity contribution in [2.24, 2.45) is 0 Å². The number of nitrogens with one attached hydrogen (secondary N) is 1. The van der Waals surface area contributed by atoms with Gasteiger partial charge in [-0.1, -0.05) is 6.42 Å². The highest BCUT2D eigenvalue weighted by Gasteiger charge is 2.22. The van der Waals surface area contributed by atoms with Gasteiger partial charge in [0.2, 0.25) is 0 Å². The molecule has 1 aliphatic heterocycles. The minimum atomic E-state index is -0.988. The number of hydrogen-bond acceptors (Lipinski definition) is 3. The van der Waals surface area contributed by atoms with Gasteiger partial charge >= 0.3 is 12.0 Å². The zero-order valence-electron chi connectivity index (χ0n) is 12.8. The van der Waals surface area contributed by atoms with E-state index in [0.717, 1.165) is 19.6 Å². The van der Waals surface area contributed by atoms with Gasteiger partial charge in [0.15, 0.2) is 0 Å². The van der Waals surface area contributed by atoms with Crippen LogP contribution in [0.25, 0.3) is 0 Å². The Morgan fingerprint density at radius 2 is 1.80 bits per heavy atom. The fourth-order valence-electron chi connectivity index (χ4n) is 2.50. The Kier molecular flexibility index (Phi) is 6.78.